The van der Waals surface area contributed by atoms with Crippen molar-refractivity contribution in [2.24, 2.45) is 0 Å². The predicted octanol–water partition coefficient (Wildman–Crippen LogP) is 3.99. The first-order chi connectivity index (χ1) is 12.1. The van der Waals surface area contributed by atoms with Crippen molar-refractivity contribution >= 4 is 16.8 Å². The maximum absolute atomic E-state index is 13.0. The summed E-state index contributed by atoms with van der Waals surface area (Å²) in [6, 6.07) is 9.04. The van der Waals surface area contributed by atoms with E-state index in [1.807, 2.05) is 6.07 Å². The Kier molecular flexibility index (Phi) is 4.55. The van der Waals surface area contributed by atoms with Crippen LogP contribution in [0.1, 0.15) is 61.5 Å². The number of hydrogen-bond donors (Lipinski definition) is 1. The summed E-state index contributed by atoms with van der Waals surface area (Å²) in [6.07, 6.45) is 4.97. The molecule has 0 unspecified atom stereocenters. The molecule has 0 bridgehead atoms. The zero-order chi connectivity index (χ0) is 17.4. The van der Waals surface area contributed by atoms with Gasteiger partial charge >= 0.3 is 0 Å². The monoisotopic (exact) mass is 339 g/mol. The van der Waals surface area contributed by atoms with Crippen LogP contribution >= 0.6 is 0 Å². The zero-order valence-corrected chi connectivity index (χ0v) is 15.4. The van der Waals surface area contributed by atoms with Gasteiger partial charge in [-0.25, -0.2) is 0 Å². The number of benzene rings is 1. The van der Waals surface area contributed by atoms with Crippen LogP contribution in [0, 0.1) is 0 Å². The molecule has 4 rings (SSSR count). The molecule has 0 aliphatic carbocycles. The van der Waals surface area contributed by atoms with E-state index in [-0.39, 0.29) is 5.91 Å². The summed E-state index contributed by atoms with van der Waals surface area (Å²) in [5, 5.41) is 1.13. The Morgan fingerprint density at radius 1 is 1.12 bits per heavy atom. The lowest BCUT2D eigenvalue weighted by molar-refractivity contribution is 0.0603. The summed E-state index contributed by atoms with van der Waals surface area (Å²) >= 11 is 0. The second-order valence-corrected chi connectivity index (χ2v) is 7.97. The first-order valence-corrected chi connectivity index (χ1v) is 9.78. The van der Waals surface area contributed by atoms with E-state index in [0.717, 1.165) is 36.1 Å². The SMILES string of the molecule is CC(C)c1ccc2cc(C(=O)N3CCC[C@@H](N4CCCC4)C3)[nH]c2c1. The van der Waals surface area contributed by atoms with Gasteiger partial charge in [-0.05, 0) is 62.4 Å². The summed E-state index contributed by atoms with van der Waals surface area (Å²) < 4.78 is 0. The average molecular weight is 339 g/mol. The van der Waals surface area contributed by atoms with Crippen molar-refractivity contribution < 1.29 is 4.79 Å². The molecule has 1 aromatic heterocycles. The summed E-state index contributed by atoms with van der Waals surface area (Å²) in [6.45, 7) is 8.57. The van der Waals surface area contributed by atoms with E-state index >= 15 is 0 Å². The normalized spacial score (nSPS) is 22.2. The molecule has 4 heteroatoms. The van der Waals surface area contributed by atoms with E-state index in [2.05, 4.69) is 46.8 Å². The molecule has 0 radical (unpaired) electrons. The van der Waals surface area contributed by atoms with Crippen LogP contribution in [0.15, 0.2) is 24.3 Å². The van der Waals surface area contributed by atoms with E-state index in [1.165, 1.54) is 37.9 Å². The Balaban J connectivity index is 1.52. The second-order valence-electron chi connectivity index (χ2n) is 7.97. The number of nitrogens with one attached hydrogen (secondary N) is 1. The molecule has 1 atom stereocenters. The fourth-order valence-electron chi connectivity index (χ4n) is 4.33. The molecule has 0 saturated carbocycles. The fraction of sp³-hybridized carbons (Fsp3) is 0.571. The van der Waals surface area contributed by atoms with Crippen LogP contribution in [-0.2, 0) is 0 Å². The smallest absolute Gasteiger partial charge is 0.270 e. The minimum absolute atomic E-state index is 0.159. The number of likely N-dealkylation sites (tertiary alicyclic amines) is 2. The fourth-order valence-corrected chi connectivity index (χ4v) is 4.33. The lowest BCUT2D eigenvalue weighted by Gasteiger charge is -2.37. The van der Waals surface area contributed by atoms with Gasteiger partial charge in [-0.15, -0.1) is 0 Å². The molecule has 1 aromatic carbocycles. The van der Waals surface area contributed by atoms with Gasteiger partial charge in [0, 0.05) is 30.0 Å². The van der Waals surface area contributed by atoms with Crippen molar-refractivity contribution in [3.63, 3.8) is 0 Å². The number of H-pyrrole nitrogens is 1. The van der Waals surface area contributed by atoms with Crippen molar-refractivity contribution in [3.05, 3.63) is 35.5 Å². The van der Waals surface area contributed by atoms with Gasteiger partial charge < -0.3 is 9.88 Å². The highest BCUT2D eigenvalue weighted by molar-refractivity contribution is 5.98. The number of fused-ring (bicyclic) bond motifs is 1. The molecule has 2 aromatic rings. The Morgan fingerprint density at radius 3 is 2.68 bits per heavy atom. The predicted molar refractivity (Wildman–Crippen MR) is 102 cm³/mol. The maximum Gasteiger partial charge on any atom is 0.270 e. The number of rotatable bonds is 3. The Bertz CT molecular complexity index is 758. The van der Waals surface area contributed by atoms with Crippen molar-refractivity contribution in [1.82, 2.24) is 14.8 Å². The highest BCUT2D eigenvalue weighted by Gasteiger charge is 2.30. The number of aromatic nitrogens is 1. The van der Waals surface area contributed by atoms with Crippen molar-refractivity contribution in [2.75, 3.05) is 26.2 Å². The Hall–Kier alpha value is -1.81. The van der Waals surface area contributed by atoms with Gasteiger partial charge in [0.15, 0.2) is 0 Å². The Morgan fingerprint density at radius 2 is 1.92 bits per heavy atom. The summed E-state index contributed by atoms with van der Waals surface area (Å²) in [7, 11) is 0. The molecule has 0 spiro atoms. The third-order valence-corrected chi connectivity index (χ3v) is 5.88. The minimum atomic E-state index is 0.159. The highest BCUT2D eigenvalue weighted by atomic mass is 16.2. The quantitative estimate of drug-likeness (QED) is 0.918. The molecule has 2 saturated heterocycles. The van der Waals surface area contributed by atoms with E-state index in [0.29, 0.717) is 12.0 Å². The van der Waals surface area contributed by atoms with Gasteiger partial charge in [0.25, 0.3) is 5.91 Å². The number of carbonyl (C=O) groups excluding carboxylic acids is 1. The largest absolute Gasteiger partial charge is 0.351 e. The molecule has 2 fully saturated rings. The van der Waals surface area contributed by atoms with Crippen LogP contribution in [0.25, 0.3) is 10.9 Å². The van der Waals surface area contributed by atoms with Gasteiger partial charge in [-0.1, -0.05) is 26.0 Å². The molecular weight excluding hydrogens is 310 g/mol. The summed E-state index contributed by atoms with van der Waals surface area (Å²) in [4.78, 5) is 21.0. The maximum atomic E-state index is 13.0. The number of hydrogen-bond acceptors (Lipinski definition) is 2. The van der Waals surface area contributed by atoms with E-state index in [9.17, 15) is 4.79 Å². The zero-order valence-electron chi connectivity index (χ0n) is 15.4. The molecule has 1 amide bonds. The topological polar surface area (TPSA) is 39.3 Å². The highest BCUT2D eigenvalue weighted by Crippen LogP contribution is 2.25. The molecule has 4 nitrogen and oxygen atoms in total. The number of carbonyl (C=O) groups is 1. The van der Waals surface area contributed by atoms with Gasteiger partial charge in [0.1, 0.15) is 5.69 Å². The average Bonchev–Trinajstić information content (AvgIpc) is 3.30. The summed E-state index contributed by atoms with van der Waals surface area (Å²) in [5.41, 5.74) is 3.11. The van der Waals surface area contributed by atoms with Crippen LogP contribution in [0.2, 0.25) is 0 Å². The van der Waals surface area contributed by atoms with Crippen molar-refractivity contribution in [3.8, 4) is 0 Å². The second kappa shape index (κ2) is 6.83. The number of nitrogens with zero attached hydrogens (tertiary/aromatic N) is 2. The van der Waals surface area contributed by atoms with Gasteiger partial charge in [-0.2, -0.15) is 0 Å². The van der Waals surface area contributed by atoms with Gasteiger partial charge in [-0.3, -0.25) is 9.69 Å². The van der Waals surface area contributed by atoms with E-state index in [4.69, 9.17) is 0 Å². The van der Waals surface area contributed by atoms with Crippen LogP contribution in [0.3, 0.4) is 0 Å². The number of piperidine rings is 1. The third kappa shape index (κ3) is 3.32. The molecule has 1 N–H and O–H groups in total. The molecule has 25 heavy (non-hydrogen) atoms. The molecule has 2 aliphatic rings. The number of aromatic amines is 1. The third-order valence-electron chi connectivity index (χ3n) is 5.88. The standard InChI is InChI=1S/C21H29N3O/c1-15(2)16-7-8-17-13-20(22-19(17)12-16)21(25)24-11-5-6-18(14-24)23-9-3-4-10-23/h7-8,12-13,15,18,22H,3-6,9-11,14H2,1-2H3/t18-/m1/s1. The Labute approximate surface area is 150 Å². The molecule has 134 valence electrons. The van der Waals surface area contributed by atoms with Crippen LogP contribution in [0.5, 0.6) is 0 Å². The van der Waals surface area contributed by atoms with Crippen LogP contribution < -0.4 is 0 Å². The van der Waals surface area contributed by atoms with Gasteiger partial charge in [0.2, 0.25) is 0 Å². The lowest BCUT2D eigenvalue weighted by atomic mass is 10.0. The first kappa shape index (κ1) is 16.6. The van der Waals surface area contributed by atoms with Gasteiger partial charge in [0.05, 0.1) is 0 Å². The van der Waals surface area contributed by atoms with E-state index in [1.54, 1.807) is 0 Å². The van der Waals surface area contributed by atoms with E-state index < -0.39 is 0 Å². The minimum Gasteiger partial charge on any atom is -0.351 e. The van der Waals surface area contributed by atoms with Crippen LogP contribution in [-0.4, -0.2) is 52.9 Å². The lowest BCUT2D eigenvalue weighted by Crippen LogP contribution is -2.49. The number of amides is 1. The molecule has 3 heterocycles. The first-order valence-electron chi connectivity index (χ1n) is 9.78. The summed E-state index contributed by atoms with van der Waals surface area (Å²) in [5.74, 6) is 0.654. The molecular formula is C21H29N3O. The van der Waals surface area contributed by atoms with Crippen LogP contribution in [0.4, 0.5) is 0 Å². The molecule has 2 aliphatic heterocycles. The van der Waals surface area contributed by atoms with Crippen molar-refractivity contribution in [2.45, 2.75) is 51.5 Å². The van der Waals surface area contributed by atoms with Crippen molar-refractivity contribution in [1.29, 1.82) is 0 Å².